The zero-order valence-corrected chi connectivity index (χ0v) is 19.4. The van der Waals surface area contributed by atoms with E-state index in [-0.39, 0.29) is 27.9 Å². The van der Waals surface area contributed by atoms with Crippen LogP contribution in [0, 0.1) is 5.92 Å². The molecule has 3 N–H and O–H groups in total. The van der Waals surface area contributed by atoms with Gasteiger partial charge < -0.3 is 20.5 Å². The number of anilines is 2. The Kier molecular flexibility index (Phi) is 7.46. The topological polar surface area (TPSA) is 108 Å². The molecule has 1 aromatic heterocycles. The smallest absolute Gasteiger partial charge is 0.341 e. The maximum Gasteiger partial charge on any atom is 0.341 e. The third-order valence-electron chi connectivity index (χ3n) is 4.89. The van der Waals surface area contributed by atoms with E-state index in [9.17, 15) is 14.4 Å². The largest absolute Gasteiger partial charge is 0.462 e. The molecule has 166 valence electrons. The highest BCUT2D eigenvalue weighted by Gasteiger charge is 2.29. The molecule has 3 rings (SSSR count). The first kappa shape index (κ1) is 23.4. The van der Waals surface area contributed by atoms with Crippen LogP contribution in [0.1, 0.15) is 51.4 Å². The van der Waals surface area contributed by atoms with Gasteiger partial charge in [-0.1, -0.05) is 30.1 Å². The van der Waals surface area contributed by atoms with Crippen LogP contribution in [0.4, 0.5) is 10.7 Å². The van der Waals surface area contributed by atoms with Crippen molar-refractivity contribution in [2.75, 3.05) is 24.3 Å². The summed E-state index contributed by atoms with van der Waals surface area (Å²) in [5, 5.41) is 3.42. The van der Waals surface area contributed by atoms with Crippen LogP contribution in [-0.2, 0) is 27.1 Å². The average Bonchev–Trinajstić information content (AvgIpc) is 3.05. The molecule has 7 nitrogen and oxygen atoms in total. The Bertz CT molecular complexity index is 1040. The number of hydrogen-bond acceptors (Lipinski definition) is 7. The summed E-state index contributed by atoms with van der Waals surface area (Å²) in [5.74, 6) is -1.39. The summed E-state index contributed by atoms with van der Waals surface area (Å²) < 4.78 is 10.2. The van der Waals surface area contributed by atoms with Crippen molar-refractivity contribution >= 4 is 63.1 Å². The summed E-state index contributed by atoms with van der Waals surface area (Å²) in [4.78, 5) is 38.4. The van der Waals surface area contributed by atoms with Gasteiger partial charge in [0.1, 0.15) is 5.00 Å². The molecule has 2 aromatic rings. The van der Waals surface area contributed by atoms with Crippen molar-refractivity contribution in [3.05, 3.63) is 43.7 Å². The van der Waals surface area contributed by atoms with E-state index in [0.717, 1.165) is 29.7 Å². The van der Waals surface area contributed by atoms with Crippen LogP contribution >= 0.6 is 34.5 Å². The first-order valence-electron chi connectivity index (χ1n) is 9.74. The molecule has 1 heterocycles. The second-order valence-electron chi connectivity index (χ2n) is 7.25. The Morgan fingerprint density at radius 3 is 2.68 bits per heavy atom. The van der Waals surface area contributed by atoms with Gasteiger partial charge in [0.25, 0.3) is 5.91 Å². The Morgan fingerprint density at radius 2 is 1.97 bits per heavy atom. The van der Waals surface area contributed by atoms with E-state index in [1.807, 2.05) is 0 Å². The number of halogens is 2. The number of thiophene rings is 1. The van der Waals surface area contributed by atoms with Crippen LogP contribution in [0.15, 0.2) is 12.1 Å². The molecular weight excluding hydrogens is 463 g/mol. The quantitative estimate of drug-likeness (QED) is 0.452. The minimum absolute atomic E-state index is 0.0149. The molecule has 1 unspecified atom stereocenters. The highest BCUT2D eigenvalue weighted by atomic mass is 35.5. The highest BCUT2D eigenvalue weighted by molar-refractivity contribution is 7.17. The van der Waals surface area contributed by atoms with Crippen molar-refractivity contribution in [2.24, 2.45) is 5.92 Å². The molecule has 0 saturated carbocycles. The molecule has 0 bridgehead atoms. The number of fused-ring (bicyclic) bond motifs is 1. The molecule has 31 heavy (non-hydrogen) atoms. The number of rotatable bonds is 6. The van der Waals surface area contributed by atoms with E-state index in [1.54, 1.807) is 6.92 Å². The third kappa shape index (κ3) is 5.31. The fraction of sp³-hybridized carbons (Fsp3) is 0.381. The second kappa shape index (κ2) is 9.89. The Balaban J connectivity index is 1.73. The van der Waals surface area contributed by atoms with Gasteiger partial charge in [-0.05, 0) is 49.8 Å². The average molecular weight is 485 g/mol. The number of nitrogens with one attached hydrogen (secondary N) is 1. The summed E-state index contributed by atoms with van der Waals surface area (Å²) in [6, 6.07) is 2.72. The molecule has 0 radical (unpaired) electrons. The number of benzene rings is 1. The lowest BCUT2D eigenvalue weighted by atomic mass is 9.88. The lowest BCUT2D eigenvalue weighted by Crippen LogP contribution is -2.22. The number of ether oxygens (including phenoxy) is 2. The van der Waals surface area contributed by atoms with Gasteiger partial charge in [0, 0.05) is 9.90 Å². The number of amides is 1. The SMILES string of the molecule is CCOC(=O)c1c(NC(=O)COC(=O)c2cc(Cl)cc(Cl)c2N)sc2c1CCC(C)C2. The number of nitrogens with two attached hydrogens (primary N) is 1. The fourth-order valence-electron chi connectivity index (χ4n) is 3.38. The van der Waals surface area contributed by atoms with E-state index in [2.05, 4.69) is 12.2 Å². The van der Waals surface area contributed by atoms with Crippen molar-refractivity contribution in [3.63, 3.8) is 0 Å². The minimum Gasteiger partial charge on any atom is -0.462 e. The molecule has 0 fully saturated rings. The van der Waals surface area contributed by atoms with Crippen LogP contribution in [-0.4, -0.2) is 31.1 Å². The number of nitrogen functional groups attached to an aromatic ring is 1. The van der Waals surface area contributed by atoms with E-state index < -0.39 is 24.5 Å². The van der Waals surface area contributed by atoms with Crippen LogP contribution in [0.2, 0.25) is 10.0 Å². The van der Waals surface area contributed by atoms with Gasteiger partial charge in [0.05, 0.1) is 28.4 Å². The number of hydrogen-bond donors (Lipinski definition) is 2. The lowest BCUT2D eigenvalue weighted by Gasteiger charge is -2.18. The third-order valence-corrected chi connectivity index (χ3v) is 6.59. The van der Waals surface area contributed by atoms with Crippen LogP contribution in [0.5, 0.6) is 0 Å². The lowest BCUT2D eigenvalue weighted by molar-refractivity contribution is -0.119. The van der Waals surface area contributed by atoms with E-state index in [4.69, 9.17) is 38.4 Å². The molecule has 0 spiro atoms. The normalized spacial score (nSPS) is 15.2. The molecule has 1 aromatic carbocycles. The molecular formula is C21H22Cl2N2O5S. The van der Waals surface area contributed by atoms with Crippen molar-refractivity contribution in [1.82, 2.24) is 0 Å². The molecule has 0 aliphatic heterocycles. The van der Waals surface area contributed by atoms with Crippen molar-refractivity contribution in [3.8, 4) is 0 Å². The van der Waals surface area contributed by atoms with Gasteiger partial charge in [-0.25, -0.2) is 9.59 Å². The first-order chi connectivity index (χ1) is 14.7. The second-order valence-corrected chi connectivity index (χ2v) is 9.20. The van der Waals surface area contributed by atoms with Crippen LogP contribution < -0.4 is 11.1 Å². The highest BCUT2D eigenvalue weighted by Crippen LogP contribution is 2.40. The number of carbonyl (C=O) groups excluding carboxylic acids is 3. The predicted octanol–water partition coefficient (Wildman–Crippen LogP) is 4.73. The summed E-state index contributed by atoms with van der Waals surface area (Å²) in [6.07, 6.45) is 2.55. The standard InChI is InChI=1S/C21H22Cl2N2O5S/c1-3-29-21(28)17-12-5-4-10(2)6-15(12)31-19(17)25-16(26)9-30-20(27)13-7-11(22)8-14(23)18(13)24/h7-8,10H,3-6,9,24H2,1-2H3,(H,25,26). The Hall–Kier alpha value is -2.29. The molecule has 1 amide bonds. The molecule has 1 atom stereocenters. The van der Waals surface area contributed by atoms with Crippen molar-refractivity contribution in [2.45, 2.75) is 33.1 Å². The number of carbonyl (C=O) groups is 3. The van der Waals surface area contributed by atoms with Gasteiger partial charge in [0.15, 0.2) is 6.61 Å². The van der Waals surface area contributed by atoms with Gasteiger partial charge in [-0.15, -0.1) is 11.3 Å². The molecule has 1 aliphatic rings. The van der Waals surface area contributed by atoms with E-state index in [1.165, 1.54) is 23.5 Å². The zero-order valence-electron chi connectivity index (χ0n) is 17.1. The van der Waals surface area contributed by atoms with Gasteiger partial charge in [-0.2, -0.15) is 0 Å². The Labute approximate surface area is 193 Å². The molecule has 1 aliphatic carbocycles. The summed E-state index contributed by atoms with van der Waals surface area (Å²) in [7, 11) is 0. The van der Waals surface area contributed by atoms with E-state index >= 15 is 0 Å². The maximum atomic E-state index is 12.5. The fourth-order valence-corrected chi connectivity index (χ4v) is 5.29. The Morgan fingerprint density at radius 1 is 1.23 bits per heavy atom. The van der Waals surface area contributed by atoms with Crippen LogP contribution in [0.25, 0.3) is 0 Å². The van der Waals surface area contributed by atoms with Gasteiger partial charge >= 0.3 is 11.9 Å². The molecule has 10 heteroatoms. The summed E-state index contributed by atoms with van der Waals surface area (Å²) in [5.41, 5.74) is 7.09. The van der Waals surface area contributed by atoms with Gasteiger partial charge in [-0.3, -0.25) is 4.79 Å². The van der Waals surface area contributed by atoms with Gasteiger partial charge in [0.2, 0.25) is 0 Å². The van der Waals surface area contributed by atoms with Crippen LogP contribution in [0.3, 0.4) is 0 Å². The van der Waals surface area contributed by atoms with Crippen molar-refractivity contribution < 1.29 is 23.9 Å². The zero-order chi connectivity index (χ0) is 22.7. The minimum atomic E-state index is -0.832. The molecule has 0 saturated heterocycles. The first-order valence-corrected chi connectivity index (χ1v) is 11.3. The summed E-state index contributed by atoms with van der Waals surface area (Å²) in [6.45, 7) is 3.54. The number of esters is 2. The maximum absolute atomic E-state index is 12.5. The van der Waals surface area contributed by atoms with E-state index in [0.29, 0.717) is 16.5 Å². The predicted molar refractivity (Wildman–Crippen MR) is 121 cm³/mol. The monoisotopic (exact) mass is 484 g/mol. The summed E-state index contributed by atoms with van der Waals surface area (Å²) >= 11 is 13.2. The van der Waals surface area contributed by atoms with Crippen molar-refractivity contribution in [1.29, 1.82) is 0 Å².